The van der Waals surface area contributed by atoms with Crippen LogP contribution in [0.25, 0.3) is 11.2 Å². The standard InChI is InChI=1S/C16H19N7O2S/c1-26(24,25)22-12-6-4-5-11(9-12)19-16-20-14-13(17-10-18-14)15(21-16)23-7-2-3-8-23/h4-6,9-10,22H,2-3,7-8H2,1H3,(H2,17,18,19,20,21). The number of rotatable bonds is 5. The van der Waals surface area contributed by atoms with Gasteiger partial charge in [0.1, 0.15) is 0 Å². The van der Waals surface area contributed by atoms with Crippen LogP contribution < -0.4 is 14.9 Å². The molecule has 3 N–H and O–H groups in total. The van der Waals surface area contributed by atoms with E-state index in [0.717, 1.165) is 43.5 Å². The molecule has 3 aromatic rings. The van der Waals surface area contributed by atoms with Crippen molar-refractivity contribution in [2.75, 3.05) is 34.3 Å². The van der Waals surface area contributed by atoms with E-state index in [-0.39, 0.29) is 0 Å². The average Bonchev–Trinajstić information content (AvgIpc) is 3.24. The molecule has 0 spiro atoms. The van der Waals surface area contributed by atoms with E-state index in [1.807, 2.05) is 6.07 Å². The number of hydrogen-bond acceptors (Lipinski definition) is 7. The van der Waals surface area contributed by atoms with Crippen molar-refractivity contribution in [1.29, 1.82) is 0 Å². The van der Waals surface area contributed by atoms with Gasteiger partial charge in [-0.2, -0.15) is 9.97 Å². The third-order valence-electron chi connectivity index (χ3n) is 4.09. The molecular weight excluding hydrogens is 354 g/mol. The fourth-order valence-electron chi connectivity index (χ4n) is 3.03. The van der Waals surface area contributed by atoms with Crippen molar-refractivity contribution in [3.8, 4) is 0 Å². The Kier molecular flexibility index (Phi) is 4.11. The lowest BCUT2D eigenvalue weighted by Gasteiger charge is -2.17. The van der Waals surface area contributed by atoms with Gasteiger partial charge < -0.3 is 15.2 Å². The summed E-state index contributed by atoms with van der Waals surface area (Å²) >= 11 is 0. The highest BCUT2D eigenvalue weighted by Gasteiger charge is 2.19. The first kappa shape index (κ1) is 16.6. The van der Waals surface area contributed by atoms with E-state index < -0.39 is 10.0 Å². The summed E-state index contributed by atoms with van der Waals surface area (Å²) < 4.78 is 25.3. The third-order valence-corrected chi connectivity index (χ3v) is 4.69. The Balaban J connectivity index is 1.66. The van der Waals surface area contributed by atoms with Crippen LogP contribution in [0.4, 0.5) is 23.1 Å². The SMILES string of the molecule is CS(=O)(=O)Nc1cccc(Nc2nc(N3CCCC3)c3nc[nH]c3n2)c1. The monoisotopic (exact) mass is 373 g/mol. The van der Waals surface area contributed by atoms with Gasteiger partial charge in [-0.05, 0) is 31.0 Å². The number of sulfonamides is 1. The normalized spacial score (nSPS) is 14.7. The lowest BCUT2D eigenvalue weighted by molar-refractivity contribution is 0.607. The summed E-state index contributed by atoms with van der Waals surface area (Å²) in [5, 5.41) is 3.14. The Morgan fingerprint density at radius 3 is 2.69 bits per heavy atom. The van der Waals surface area contributed by atoms with Crippen LogP contribution in [0.15, 0.2) is 30.6 Å². The molecule has 26 heavy (non-hydrogen) atoms. The van der Waals surface area contributed by atoms with Crippen LogP contribution in [-0.4, -0.2) is 47.7 Å². The summed E-state index contributed by atoms with van der Waals surface area (Å²) in [6.07, 6.45) is 5.00. The van der Waals surface area contributed by atoms with E-state index in [9.17, 15) is 8.42 Å². The summed E-state index contributed by atoms with van der Waals surface area (Å²) in [7, 11) is -3.33. The van der Waals surface area contributed by atoms with Gasteiger partial charge in [0.2, 0.25) is 16.0 Å². The van der Waals surface area contributed by atoms with E-state index in [1.54, 1.807) is 24.5 Å². The van der Waals surface area contributed by atoms with Gasteiger partial charge in [-0.3, -0.25) is 4.72 Å². The largest absolute Gasteiger partial charge is 0.355 e. The fourth-order valence-corrected chi connectivity index (χ4v) is 3.58. The zero-order valence-corrected chi connectivity index (χ0v) is 15.0. The number of hydrogen-bond donors (Lipinski definition) is 3. The Bertz CT molecular complexity index is 1040. The zero-order chi connectivity index (χ0) is 18.1. The summed E-state index contributed by atoms with van der Waals surface area (Å²) in [6.45, 7) is 1.90. The Hall–Kier alpha value is -2.88. The highest BCUT2D eigenvalue weighted by Crippen LogP contribution is 2.27. The Labute approximate surface area is 150 Å². The molecule has 0 saturated carbocycles. The van der Waals surface area contributed by atoms with Gasteiger partial charge in [-0.15, -0.1) is 0 Å². The second-order valence-electron chi connectivity index (χ2n) is 6.24. The molecule has 1 fully saturated rings. The minimum Gasteiger partial charge on any atom is -0.355 e. The second-order valence-corrected chi connectivity index (χ2v) is 7.99. The van der Waals surface area contributed by atoms with Crippen LogP contribution >= 0.6 is 0 Å². The van der Waals surface area contributed by atoms with Crippen molar-refractivity contribution in [3.63, 3.8) is 0 Å². The summed E-state index contributed by atoms with van der Waals surface area (Å²) in [6, 6.07) is 6.95. The highest BCUT2D eigenvalue weighted by atomic mass is 32.2. The van der Waals surface area contributed by atoms with Crippen LogP contribution in [-0.2, 0) is 10.0 Å². The third kappa shape index (κ3) is 3.54. The number of benzene rings is 1. The molecule has 0 aliphatic carbocycles. The number of anilines is 4. The maximum absolute atomic E-state index is 11.4. The Morgan fingerprint density at radius 1 is 1.15 bits per heavy atom. The molecule has 0 amide bonds. The van der Waals surface area contributed by atoms with Crippen molar-refractivity contribution >= 4 is 44.3 Å². The van der Waals surface area contributed by atoms with Gasteiger partial charge in [0.15, 0.2) is 17.0 Å². The van der Waals surface area contributed by atoms with E-state index in [2.05, 4.69) is 34.9 Å². The average molecular weight is 373 g/mol. The van der Waals surface area contributed by atoms with Crippen LogP contribution in [0.2, 0.25) is 0 Å². The quantitative estimate of drug-likeness (QED) is 0.627. The number of aromatic nitrogens is 4. The molecule has 1 aliphatic heterocycles. The number of imidazole rings is 1. The first-order valence-corrected chi connectivity index (χ1v) is 10.2. The fraction of sp³-hybridized carbons (Fsp3) is 0.312. The van der Waals surface area contributed by atoms with E-state index in [4.69, 9.17) is 0 Å². The first-order valence-electron chi connectivity index (χ1n) is 8.29. The number of aromatic amines is 1. The number of H-pyrrole nitrogens is 1. The van der Waals surface area contributed by atoms with Crippen LogP contribution in [0, 0.1) is 0 Å². The molecule has 1 aromatic carbocycles. The number of nitrogens with zero attached hydrogens (tertiary/aromatic N) is 4. The number of nitrogens with one attached hydrogen (secondary N) is 3. The van der Waals surface area contributed by atoms with Gasteiger partial charge in [0.05, 0.1) is 18.3 Å². The maximum atomic E-state index is 11.4. The van der Waals surface area contributed by atoms with Crippen molar-refractivity contribution in [1.82, 2.24) is 19.9 Å². The molecule has 4 rings (SSSR count). The molecule has 9 nitrogen and oxygen atoms in total. The maximum Gasteiger partial charge on any atom is 0.231 e. The van der Waals surface area contributed by atoms with Gasteiger partial charge in [0, 0.05) is 18.8 Å². The molecule has 0 radical (unpaired) electrons. The Morgan fingerprint density at radius 2 is 1.92 bits per heavy atom. The van der Waals surface area contributed by atoms with Crippen molar-refractivity contribution < 1.29 is 8.42 Å². The highest BCUT2D eigenvalue weighted by molar-refractivity contribution is 7.92. The summed E-state index contributed by atoms with van der Waals surface area (Å²) in [5.74, 6) is 1.24. The molecule has 2 aromatic heterocycles. The van der Waals surface area contributed by atoms with Gasteiger partial charge in [-0.1, -0.05) is 6.07 Å². The van der Waals surface area contributed by atoms with Crippen LogP contribution in [0.3, 0.4) is 0 Å². The smallest absolute Gasteiger partial charge is 0.231 e. The minimum absolute atomic E-state index is 0.431. The number of fused-ring (bicyclic) bond motifs is 1. The van der Waals surface area contributed by atoms with Crippen LogP contribution in [0.1, 0.15) is 12.8 Å². The molecule has 10 heteroatoms. The molecule has 1 saturated heterocycles. The second kappa shape index (κ2) is 6.45. The zero-order valence-electron chi connectivity index (χ0n) is 14.2. The van der Waals surface area contributed by atoms with Crippen molar-refractivity contribution in [2.24, 2.45) is 0 Å². The molecular formula is C16H19N7O2S. The lowest BCUT2D eigenvalue weighted by atomic mass is 10.3. The topological polar surface area (TPSA) is 116 Å². The predicted octanol–water partition coefficient (Wildman–Crippen LogP) is 2.07. The molecule has 1 aliphatic rings. The van der Waals surface area contributed by atoms with Crippen LogP contribution in [0.5, 0.6) is 0 Å². The predicted molar refractivity (Wildman–Crippen MR) is 101 cm³/mol. The molecule has 0 unspecified atom stereocenters. The molecule has 0 atom stereocenters. The molecule has 3 heterocycles. The lowest BCUT2D eigenvalue weighted by Crippen LogP contribution is -2.20. The van der Waals surface area contributed by atoms with Crippen molar-refractivity contribution in [3.05, 3.63) is 30.6 Å². The summed E-state index contributed by atoms with van der Waals surface area (Å²) in [5.41, 5.74) is 2.57. The first-order chi connectivity index (χ1) is 12.5. The van der Waals surface area contributed by atoms with E-state index >= 15 is 0 Å². The molecule has 136 valence electrons. The van der Waals surface area contributed by atoms with E-state index in [0.29, 0.717) is 23.0 Å². The summed E-state index contributed by atoms with van der Waals surface area (Å²) in [4.78, 5) is 18.7. The van der Waals surface area contributed by atoms with E-state index in [1.165, 1.54) is 0 Å². The van der Waals surface area contributed by atoms with Gasteiger partial charge >= 0.3 is 0 Å². The van der Waals surface area contributed by atoms with Gasteiger partial charge in [0.25, 0.3) is 0 Å². The van der Waals surface area contributed by atoms with Gasteiger partial charge in [-0.25, -0.2) is 13.4 Å². The molecule has 0 bridgehead atoms. The van der Waals surface area contributed by atoms with Crippen molar-refractivity contribution in [2.45, 2.75) is 12.8 Å². The minimum atomic E-state index is -3.33.